The van der Waals surface area contributed by atoms with Gasteiger partial charge in [-0.1, -0.05) is 34.5 Å². The maximum atomic E-state index is 5.97. The van der Waals surface area contributed by atoms with E-state index in [1.54, 1.807) is 11.3 Å². The molecule has 0 aliphatic rings. The van der Waals surface area contributed by atoms with E-state index in [2.05, 4.69) is 22.2 Å². The van der Waals surface area contributed by atoms with E-state index in [0.717, 1.165) is 33.0 Å². The molecule has 2 nitrogen and oxygen atoms in total. The van der Waals surface area contributed by atoms with Crippen LogP contribution in [0.3, 0.4) is 0 Å². The first-order chi connectivity index (χ1) is 10.7. The molecule has 112 valence electrons. The van der Waals surface area contributed by atoms with Crippen molar-refractivity contribution < 1.29 is 4.57 Å². The van der Waals surface area contributed by atoms with Crippen molar-refractivity contribution in [3.8, 4) is 11.3 Å². The summed E-state index contributed by atoms with van der Waals surface area (Å²) >= 11 is 13.6. The van der Waals surface area contributed by atoms with Crippen molar-refractivity contribution in [2.24, 2.45) is 0 Å². The number of nitrogens with one attached hydrogen (secondary N) is 1. The fourth-order valence-electron chi connectivity index (χ4n) is 2.26. The molecule has 0 bridgehead atoms. The Morgan fingerprint density at radius 3 is 2.14 bits per heavy atom. The van der Waals surface area contributed by atoms with Crippen molar-refractivity contribution in [1.82, 2.24) is 0 Å². The van der Waals surface area contributed by atoms with Gasteiger partial charge in [0.25, 0.3) is 0 Å². The summed E-state index contributed by atoms with van der Waals surface area (Å²) in [6.07, 6.45) is 0. The molecular formula is C17H15Cl2N2S+. The van der Waals surface area contributed by atoms with Crippen molar-refractivity contribution in [2.45, 2.75) is 13.5 Å². The number of hydrogen-bond donors (Lipinski definition) is 1. The molecule has 0 spiro atoms. The van der Waals surface area contributed by atoms with Crippen LogP contribution in [0.2, 0.25) is 10.0 Å². The molecule has 0 aliphatic carbocycles. The van der Waals surface area contributed by atoms with Crippen molar-refractivity contribution in [3.05, 3.63) is 64.0 Å². The van der Waals surface area contributed by atoms with Crippen molar-refractivity contribution in [1.29, 1.82) is 0 Å². The van der Waals surface area contributed by atoms with Crippen LogP contribution in [0.4, 0.5) is 10.8 Å². The third-order valence-electron chi connectivity index (χ3n) is 3.37. The summed E-state index contributed by atoms with van der Waals surface area (Å²) in [7, 11) is 0. The molecule has 1 heterocycles. The summed E-state index contributed by atoms with van der Waals surface area (Å²) < 4.78 is 2.25. The van der Waals surface area contributed by atoms with Gasteiger partial charge in [-0.15, -0.1) is 0 Å². The first-order valence-corrected chi connectivity index (χ1v) is 8.61. The minimum Gasteiger partial charge on any atom is -0.231 e. The van der Waals surface area contributed by atoms with E-state index in [0.29, 0.717) is 0 Å². The van der Waals surface area contributed by atoms with Gasteiger partial charge in [-0.05, 0) is 55.5 Å². The first kappa shape index (κ1) is 15.3. The van der Waals surface area contributed by atoms with Crippen LogP contribution in [-0.2, 0) is 6.54 Å². The van der Waals surface area contributed by atoms with Crippen molar-refractivity contribution in [3.63, 3.8) is 0 Å². The standard InChI is InChI=1S/C17H14Cl2N2S/c1-2-21-16(12-3-5-13(18)6-4-12)11-22-17(21)20-15-9-7-14(19)8-10-15/h3-11H,2H2,1H3/p+1. The van der Waals surface area contributed by atoms with Gasteiger partial charge in [0, 0.05) is 21.0 Å². The molecule has 1 N–H and O–H groups in total. The Hall–Kier alpha value is -1.55. The van der Waals surface area contributed by atoms with E-state index >= 15 is 0 Å². The van der Waals surface area contributed by atoms with Gasteiger partial charge < -0.3 is 0 Å². The van der Waals surface area contributed by atoms with Gasteiger partial charge in [-0.2, -0.15) is 0 Å². The number of hydrogen-bond acceptors (Lipinski definition) is 2. The predicted octanol–water partition coefficient (Wildman–Crippen LogP) is 5.77. The zero-order valence-electron chi connectivity index (χ0n) is 12.0. The van der Waals surface area contributed by atoms with Gasteiger partial charge in [-0.25, -0.2) is 9.88 Å². The molecule has 0 aliphatic heterocycles. The van der Waals surface area contributed by atoms with Crippen LogP contribution in [0.25, 0.3) is 11.3 Å². The van der Waals surface area contributed by atoms with E-state index in [1.165, 1.54) is 5.69 Å². The molecule has 3 rings (SSSR count). The van der Waals surface area contributed by atoms with Gasteiger partial charge in [0.15, 0.2) is 0 Å². The zero-order chi connectivity index (χ0) is 15.5. The maximum Gasteiger partial charge on any atom is 0.339 e. The minimum absolute atomic E-state index is 0.738. The fourth-order valence-corrected chi connectivity index (χ4v) is 3.53. The van der Waals surface area contributed by atoms with Crippen LogP contribution in [0.1, 0.15) is 6.92 Å². The highest BCUT2D eigenvalue weighted by atomic mass is 35.5. The van der Waals surface area contributed by atoms with Crippen molar-refractivity contribution in [2.75, 3.05) is 5.32 Å². The predicted molar refractivity (Wildman–Crippen MR) is 95.4 cm³/mol. The van der Waals surface area contributed by atoms with Crippen molar-refractivity contribution >= 4 is 45.4 Å². The topological polar surface area (TPSA) is 15.9 Å². The monoisotopic (exact) mass is 349 g/mol. The molecule has 0 radical (unpaired) electrons. The van der Waals surface area contributed by atoms with Crippen LogP contribution in [0.15, 0.2) is 53.9 Å². The largest absolute Gasteiger partial charge is 0.339 e. The Morgan fingerprint density at radius 1 is 0.955 bits per heavy atom. The molecule has 0 amide bonds. The number of anilines is 2. The lowest BCUT2D eigenvalue weighted by atomic mass is 10.2. The molecule has 0 saturated carbocycles. The second-order valence-corrected chi connectivity index (χ2v) is 6.54. The lowest BCUT2D eigenvalue weighted by Gasteiger charge is -2.04. The smallest absolute Gasteiger partial charge is 0.231 e. The van der Waals surface area contributed by atoms with Gasteiger partial charge in [0.1, 0.15) is 11.4 Å². The van der Waals surface area contributed by atoms with Gasteiger partial charge >= 0.3 is 5.13 Å². The second kappa shape index (κ2) is 6.69. The normalized spacial score (nSPS) is 10.7. The van der Waals surface area contributed by atoms with Gasteiger partial charge in [0.05, 0.1) is 6.54 Å². The highest BCUT2D eigenvalue weighted by molar-refractivity contribution is 7.13. The summed E-state index contributed by atoms with van der Waals surface area (Å²) in [6.45, 7) is 3.02. The zero-order valence-corrected chi connectivity index (χ0v) is 14.3. The summed E-state index contributed by atoms with van der Waals surface area (Å²) in [4.78, 5) is 0. The Bertz CT molecular complexity index is 764. The Kier molecular flexibility index (Phi) is 4.67. The lowest BCUT2D eigenvalue weighted by molar-refractivity contribution is -0.664. The minimum atomic E-state index is 0.738. The summed E-state index contributed by atoms with van der Waals surface area (Å²) in [5.74, 6) is 0. The summed E-state index contributed by atoms with van der Waals surface area (Å²) in [5, 5.41) is 8.19. The molecule has 0 atom stereocenters. The van der Waals surface area contributed by atoms with Crippen LogP contribution in [0, 0.1) is 0 Å². The first-order valence-electron chi connectivity index (χ1n) is 6.97. The number of thiazole rings is 1. The second-order valence-electron chi connectivity index (χ2n) is 4.81. The average molecular weight is 350 g/mol. The Balaban J connectivity index is 1.93. The maximum absolute atomic E-state index is 5.97. The number of halogens is 2. The highest BCUT2D eigenvalue weighted by Gasteiger charge is 2.18. The van der Waals surface area contributed by atoms with E-state index in [1.807, 2.05) is 48.5 Å². The molecule has 0 unspecified atom stereocenters. The molecule has 3 aromatic rings. The SMILES string of the molecule is CC[n+]1c(-c2ccc(Cl)cc2)csc1Nc1ccc(Cl)cc1. The molecule has 2 aromatic carbocycles. The number of benzene rings is 2. The summed E-state index contributed by atoms with van der Waals surface area (Å²) in [6, 6.07) is 15.6. The molecular weight excluding hydrogens is 335 g/mol. The van der Waals surface area contributed by atoms with Crippen LogP contribution in [0.5, 0.6) is 0 Å². The third-order valence-corrected chi connectivity index (χ3v) is 4.76. The molecule has 1 aromatic heterocycles. The lowest BCUT2D eigenvalue weighted by Crippen LogP contribution is -2.34. The molecule has 5 heteroatoms. The van der Waals surface area contributed by atoms with E-state index < -0.39 is 0 Å². The Labute approximate surface area is 144 Å². The van der Waals surface area contributed by atoms with Crippen LogP contribution >= 0.6 is 34.5 Å². The van der Waals surface area contributed by atoms with Crippen LogP contribution < -0.4 is 9.88 Å². The van der Waals surface area contributed by atoms with E-state index in [4.69, 9.17) is 23.2 Å². The number of rotatable bonds is 4. The van der Waals surface area contributed by atoms with Gasteiger partial charge in [-0.3, -0.25) is 0 Å². The molecule has 0 fully saturated rings. The quantitative estimate of drug-likeness (QED) is 0.591. The van der Waals surface area contributed by atoms with E-state index in [9.17, 15) is 0 Å². The number of aromatic nitrogens is 1. The van der Waals surface area contributed by atoms with Gasteiger partial charge in [0.2, 0.25) is 0 Å². The van der Waals surface area contributed by atoms with E-state index in [-0.39, 0.29) is 0 Å². The third kappa shape index (κ3) is 3.27. The molecule has 22 heavy (non-hydrogen) atoms. The average Bonchev–Trinajstić information content (AvgIpc) is 2.93. The number of nitrogens with zero attached hydrogens (tertiary/aromatic N) is 1. The van der Waals surface area contributed by atoms with Crippen LogP contribution in [-0.4, -0.2) is 0 Å². The fraction of sp³-hybridized carbons (Fsp3) is 0.118. The molecule has 0 saturated heterocycles. The Morgan fingerprint density at radius 2 is 1.55 bits per heavy atom. The highest BCUT2D eigenvalue weighted by Crippen LogP contribution is 2.27. The summed E-state index contributed by atoms with van der Waals surface area (Å²) in [5.41, 5.74) is 3.36.